The maximum Gasteiger partial charge on any atom is 0.321 e. The molecule has 1 aromatic carbocycles. The van der Waals surface area contributed by atoms with Gasteiger partial charge in [0, 0.05) is 12.7 Å². The fourth-order valence-corrected chi connectivity index (χ4v) is 4.29. The van der Waals surface area contributed by atoms with E-state index >= 15 is 0 Å². The normalized spacial score (nSPS) is 24.0. The number of dihydropyridines is 1. The molecule has 2 aliphatic rings. The molecule has 1 aromatic rings. The number of carbonyl (C=O) groups excluding carboxylic acids is 3. The number of benzene rings is 1. The lowest BCUT2D eigenvalue weighted by Crippen LogP contribution is -2.50. The van der Waals surface area contributed by atoms with Crippen LogP contribution in [-0.2, 0) is 20.9 Å². The Bertz CT molecular complexity index is 989. The zero-order chi connectivity index (χ0) is 23.3. The highest BCUT2D eigenvalue weighted by Gasteiger charge is 2.36. The van der Waals surface area contributed by atoms with Gasteiger partial charge in [0.05, 0.1) is 13.2 Å². The van der Waals surface area contributed by atoms with E-state index in [4.69, 9.17) is 15.2 Å². The number of rotatable bonds is 7. The molecule has 5 N–H and O–H groups in total. The molecule has 0 bridgehead atoms. The number of esters is 1. The van der Waals surface area contributed by atoms with Gasteiger partial charge in [0.25, 0.3) is 0 Å². The number of ether oxygens (including phenoxy) is 2. The molecule has 0 aromatic heterocycles. The third kappa shape index (κ3) is 5.44. The number of amides is 3. The number of allylic oxidation sites excluding steroid dienone is 1. The van der Waals surface area contributed by atoms with Gasteiger partial charge in [-0.05, 0) is 54.7 Å². The third-order valence-electron chi connectivity index (χ3n) is 5.10. The molecule has 3 rings (SSSR count). The number of hydrogen-bond acceptors (Lipinski definition) is 7. The van der Waals surface area contributed by atoms with Gasteiger partial charge in [0.1, 0.15) is 22.3 Å². The summed E-state index contributed by atoms with van der Waals surface area (Å²) in [5.41, 5.74) is 6.17. The van der Waals surface area contributed by atoms with Gasteiger partial charge in [-0.25, -0.2) is 4.79 Å². The summed E-state index contributed by atoms with van der Waals surface area (Å²) in [6, 6.07) is 6.38. The van der Waals surface area contributed by atoms with Crippen LogP contribution in [0.3, 0.4) is 0 Å². The number of urea groups is 1. The molecular weight excluding hydrogens is 432 g/mol. The van der Waals surface area contributed by atoms with Crippen LogP contribution in [0.4, 0.5) is 4.79 Å². The second-order valence-electron chi connectivity index (χ2n) is 7.58. The zero-order valence-electron chi connectivity index (χ0n) is 18.0. The summed E-state index contributed by atoms with van der Waals surface area (Å²) >= 11 is 1.33. The first-order valence-electron chi connectivity index (χ1n) is 9.90. The summed E-state index contributed by atoms with van der Waals surface area (Å²) in [6.07, 6.45) is 4.93. The van der Waals surface area contributed by atoms with E-state index in [9.17, 15) is 14.4 Å². The second kappa shape index (κ2) is 9.82. The highest BCUT2D eigenvalue weighted by Crippen LogP contribution is 2.31. The van der Waals surface area contributed by atoms with E-state index in [-0.39, 0.29) is 12.0 Å². The highest BCUT2D eigenvalue weighted by molar-refractivity contribution is 8.03. The van der Waals surface area contributed by atoms with E-state index in [1.54, 1.807) is 37.4 Å². The quantitative estimate of drug-likeness (QED) is 0.457. The maximum atomic E-state index is 12.3. The van der Waals surface area contributed by atoms with Gasteiger partial charge in [-0.3, -0.25) is 9.59 Å². The monoisotopic (exact) mass is 458 g/mol. The number of methoxy groups -OCH3 is 1. The smallest absolute Gasteiger partial charge is 0.321 e. The van der Waals surface area contributed by atoms with Gasteiger partial charge in [-0.2, -0.15) is 0 Å². The van der Waals surface area contributed by atoms with Crippen LogP contribution in [0.25, 0.3) is 0 Å². The molecule has 0 aliphatic carbocycles. The van der Waals surface area contributed by atoms with Crippen LogP contribution in [0.15, 0.2) is 59.4 Å². The van der Waals surface area contributed by atoms with Crippen LogP contribution in [-0.4, -0.2) is 41.8 Å². The van der Waals surface area contributed by atoms with Crippen molar-refractivity contribution in [1.29, 1.82) is 0 Å². The molecule has 0 spiro atoms. The first-order chi connectivity index (χ1) is 15.2. The van der Waals surface area contributed by atoms with Crippen molar-refractivity contribution in [3.63, 3.8) is 0 Å². The van der Waals surface area contributed by atoms with Crippen LogP contribution in [0.2, 0.25) is 0 Å². The number of primary amides is 1. The van der Waals surface area contributed by atoms with E-state index in [1.807, 2.05) is 24.5 Å². The third-order valence-corrected chi connectivity index (χ3v) is 6.37. The molecule has 0 saturated carbocycles. The van der Waals surface area contributed by atoms with Gasteiger partial charge in [0.15, 0.2) is 0 Å². The van der Waals surface area contributed by atoms with Gasteiger partial charge in [0.2, 0.25) is 5.91 Å². The predicted octanol–water partition coefficient (Wildman–Crippen LogP) is 1.67. The molecule has 10 heteroatoms. The van der Waals surface area contributed by atoms with Crippen molar-refractivity contribution in [2.75, 3.05) is 7.11 Å². The van der Waals surface area contributed by atoms with Crippen LogP contribution in [0.1, 0.15) is 19.4 Å². The molecule has 2 heterocycles. The van der Waals surface area contributed by atoms with Crippen molar-refractivity contribution in [3.05, 3.63) is 64.9 Å². The number of carbonyl (C=O) groups is 3. The van der Waals surface area contributed by atoms with E-state index in [0.717, 1.165) is 11.1 Å². The number of nitrogens with one attached hydrogen (secondary N) is 3. The van der Waals surface area contributed by atoms with E-state index in [1.165, 1.54) is 18.9 Å². The first-order valence-corrected chi connectivity index (χ1v) is 10.8. The molecule has 9 nitrogen and oxygen atoms in total. The Morgan fingerprint density at radius 3 is 2.62 bits per heavy atom. The van der Waals surface area contributed by atoms with E-state index in [2.05, 4.69) is 16.0 Å². The Balaban J connectivity index is 1.53. The number of nitrogens with two attached hydrogens (primary N) is 1. The van der Waals surface area contributed by atoms with Crippen molar-refractivity contribution in [2.45, 2.75) is 37.2 Å². The minimum Gasteiger partial charge on any atom is -0.468 e. The molecule has 3 unspecified atom stereocenters. The molecule has 3 atom stereocenters. The fraction of sp³-hybridized carbons (Fsp3) is 0.318. The summed E-state index contributed by atoms with van der Waals surface area (Å²) in [6.45, 7) is 3.82. The van der Waals surface area contributed by atoms with Crippen molar-refractivity contribution < 1.29 is 23.9 Å². The topological polar surface area (TPSA) is 132 Å². The molecule has 0 radical (unpaired) electrons. The molecule has 0 saturated heterocycles. The Morgan fingerprint density at radius 2 is 1.97 bits per heavy atom. The molecule has 170 valence electrons. The molecular formula is C22H26N4O5S. The predicted molar refractivity (Wildman–Crippen MR) is 121 cm³/mol. The minimum absolute atomic E-state index is 0.296. The summed E-state index contributed by atoms with van der Waals surface area (Å²) < 4.78 is 10.6. The average molecular weight is 459 g/mol. The largest absolute Gasteiger partial charge is 0.468 e. The van der Waals surface area contributed by atoms with Gasteiger partial charge in [-0.15, -0.1) is 11.8 Å². The lowest BCUT2D eigenvalue weighted by atomic mass is 9.98. The molecule has 0 fully saturated rings. The number of hydrogen-bond donors (Lipinski definition) is 4. The van der Waals surface area contributed by atoms with Crippen molar-refractivity contribution >= 4 is 29.7 Å². The van der Waals surface area contributed by atoms with Gasteiger partial charge in [-0.1, -0.05) is 12.1 Å². The minimum atomic E-state index is -1.01. The number of thioether (sulfide) groups is 1. The lowest BCUT2D eigenvalue weighted by molar-refractivity contribution is -0.140. The Kier molecular flexibility index (Phi) is 7.14. The highest BCUT2D eigenvalue weighted by atomic mass is 32.2. The lowest BCUT2D eigenvalue weighted by Gasteiger charge is -2.26. The van der Waals surface area contributed by atoms with Crippen LogP contribution in [0, 0.1) is 0 Å². The summed E-state index contributed by atoms with van der Waals surface area (Å²) in [7, 11) is 1.33. The van der Waals surface area contributed by atoms with Crippen molar-refractivity contribution in [3.8, 4) is 5.75 Å². The molecule has 3 amide bonds. The van der Waals surface area contributed by atoms with Gasteiger partial charge >= 0.3 is 12.0 Å². The summed E-state index contributed by atoms with van der Waals surface area (Å²) in [4.78, 5) is 35.8. The average Bonchev–Trinajstić information content (AvgIpc) is 3.13. The van der Waals surface area contributed by atoms with Crippen molar-refractivity contribution in [2.24, 2.45) is 5.73 Å². The van der Waals surface area contributed by atoms with Crippen LogP contribution in [0.5, 0.6) is 5.75 Å². The van der Waals surface area contributed by atoms with E-state index < -0.39 is 22.7 Å². The van der Waals surface area contributed by atoms with Crippen LogP contribution < -0.4 is 26.4 Å². The molecule has 32 heavy (non-hydrogen) atoms. The Labute approximate surface area is 190 Å². The van der Waals surface area contributed by atoms with Crippen LogP contribution >= 0.6 is 11.8 Å². The Morgan fingerprint density at radius 1 is 1.25 bits per heavy atom. The standard InChI is InChI=1S/C22H26N4O5S/c1-13-12-32-18(19(27)30-3)17(13)26-21(29)24-11-14-4-6-15(7-5-14)31-16-8-9-25-22(2,10-16)20(23)28/h4-10,12,17-18,25H,11H2,1-3H3,(H2,23,28)(H2,24,26,29). The van der Waals surface area contributed by atoms with Crippen molar-refractivity contribution in [1.82, 2.24) is 16.0 Å². The summed E-state index contributed by atoms with van der Waals surface area (Å²) in [5, 5.41) is 9.87. The molecule has 2 aliphatic heterocycles. The summed E-state index contributed by atoms with van der Waals surface area (Å²) in [5.74, 6) is 0.182. The zero-order valence-corrected chi connectivity index (χ0v) is 18.8. The second-order valence-corrected chi connectivity index (χ2v) is 8.60. The Hall–Kier alpha value is -3.40. The first kappa shape index (κ1) is 23.3. The fourth-order valence-electron chi connectivity index (χ4n) is 3.13. The van der Waals surface area contributed by atoms with Gasteiger partial charge < -0.3 is 31.2 Å². The SMILES string of the molecule is COC(=O)C1SC=C(C)C1NC(=O)NCc1ccc(OC2=CC(C)(C(N)=O)NC=C2)cc1. The van der Waals surface area contributed by atoms with E-state index in [0.29, 0.717) is 18.1 Å². The maximum absolute atomic E-state index is 12.3.